The minimum atomic E-state index is -0.990. The highest BCUT2D eigenvalue weighted by Crippen LogP contribution is 2.16. The van der Waals surface area contributed by atoms with Crippen LogP contribution >= 0.6 is 15.9 Å². The van der Waals surface area contributed by atoms with Crippen molar-refractivity contribution in [1.29, 1.82) is 0 Å². The van der Waals surface area contributed by atoms with E-state index in [9.17, 15) is 9.59 Å². The average Bonchev–Trinajstić information content (AvgIpc) is 2.01. The largest absolute Gasteiger partial charge is 0.478 e. The van der Waals surface area contributed by atoms with Crippen molar-refractivity contribution in [2.45, 2.75) is 13.3 Å². The number of carbonyl (C=O) groups excluding carboxylic acids is 1. The Kier molecular flexibility index (Phi) is 3.41. The molecule has 1 N–H and O–H groups in total. The Bertz CT molecular complexity index is 385. The lowest BCUT2D eigenvalue weighted by Crippen LogP contribution is -2.01. The molecule has 3 nitrogen and oxygen atoms in total. The van der Waals surface area contributed by atoms with Crippen molar-refractivity contribution in [1.82, 2.24) is 0 Å². The van der Waals surface area contributed by atoms with E-state index in [1.165, 1.54) is 19.1 Å². The number of carboxylic acids is 1. The molecule has 74 valence electrons. The molecule has 0 aromatic heterocycles. The number of halogens is 1. The summed E-state index contributed by atoms with van der Waals surface area (Å²) in [5, 5.41) is 8.76. The van der Waals surface area contributed by atoms with Crippen LogP contribution in [0.4, 0.5) is 0 Å². The summed E-state index contributed by atoms with van der Waals surface area (Å²) in [5.74, 6) is -0.976. The molecule has 0 fully saturated rings. The molecule has 1 aromatic rings. The van der Waals surface area contributed by atoms with Crippen LogP contribution in [0.15, 0.2) is 22.7 Å². The summed E-state index contributed by atoms with van der Waals surface area (Å²) >= 11 is 3.20. The summed E-state index contributed by atoms with van der Waals surface area (Å²) in [4.78, 5) is 21.5. The molecule has 0 saturated heterocycles. The molecule has 0 aliphatic carbocycles. The van der Waals surface area contributed by atoms with Crippen molar-refractivity contribution in [2.75, 3.05) is 0 Å². The van der Waals surface area contributed by atoms with E-state index < -0.39 is 5.97 Å². The summed E-state index contributed by atoms with van der Waals surface area (Å²) in [5.41, 5.74) is 0.903. The number of hydrogen-bond donors (Lipinski definition) is 1. The van der Waals surface area contributed by atoms with Gasteiger partial charge in [0.2, 0.25) is 0 Å². The standard InChI is InChI=1S/C10H9BrO3/c1-6(12)2-7-3-8(10(13)14)5-9(11)4-7/h3-5H,2H2,1H3,(H,13,14). The number of ketones is 1. The highest BCUT2D eigenvalue weighted by atomic mass is 79.9. The van der Waals surface area contributed by atoms with Crippen LogP contribution in [-0.2, 0) is 11.2 Å². The predicted molar refractivity (Wildman–Crippen MR) is 55.5 cm³/mol. The summed E-state index contributed by atoms with van der Waals surface area (Å²) in [7, 11) is 0. The average molecular weight is 257 g/mol. The third kappa shape index (κ3) is 2.96. The van der Waals surface area contributed by atoms with E-state index >= 15 is 0 Å². The van der Waals surface area contributed by atoms with Crippen LogP contribution in [0, 0.1) is 0 Å². The SMILES string of the molecule is CC(=O)Cc1cc(Br)cc(C(=O)O)c1. The minimum Gasteiger partial charge on any atom is -0.478 e. The predicted octanol–water partition coefficient (Wildman–Crippen LogP) is 2.28. The molecule has 0 atom stereocenters. The van der Waals surface area contributed by atoms with E-state index in [0.29, 0.717) is 10.0 Å². The fourth-order valence-electron chi connectivity index (χ4n) is 1.16. The van der Waals surface area contributed by atoms with E-state index in [4.69, 9.17) is 5.11 Å². The van der Waals surface area contributed by atoms with Gasteiger partial charge in [-0.25, -0.2) is 4.79 Å². The highest BCUT2D eigenvalue weighted by molar-refractivity contribution is 9.10. The second-order valence-corrected chi connectivity index (χ2v) is 3.95. The van der Waals surface area contributed by atoms with Crippen molar-refractivity contribution in [2.24, 2.45) is 0 Å². The maximum absolute atomic E-state index is 10.8. The van der Waals surface area contributed by atoms with Crippen LogP contribution in [0.25, 0.3) is 0 Å². The van der Waals surface area contributed by atoms with Crippen LogP contribution in [0.5, 0.6) is 0 Å². The molecule has 0 unspecified atom stereocenters. The van der Waals surface area contributed by atoms with E-state index in [0.717, 1.165) is 0 Å². The number of carbonyl (C=O) groups is 2. The van der Waals surface area contributed by atoms with Gasteiger partial charge < -0.3 is 5.11 Å². The Morgan fingerprint density at radius 3 is 2.50 bits per heavy atom. The quantitative estimate of drug-likeness (QED) is 0.903. The molecule has 0 aliphatic heterocycles. The normalized spacial score (nSPS) is 9.86. The molecule has 0 heterocycles. The first-order valence-electron chi connectivity index (χ1n) is 4.01. The van der Waals surface area contributed by atoms with Crippen LogP contribution < -0.4 is 0 Å². The van der Waals surface area contributed by atoms with Crippen LogP contribution in [0.2, 0.25) is 0 Å². The summed E-state index contributed by atoms with van der Waals surface area (Å²) < 4.78 is 0.675. The molecule has 1 aromatic carbocycles. The molecule has 4 heteroatoms. The lowest BCUT2D eigenvalue weighted by atomic mass is 10.1. The zero-order valence-electron chi connectivity index (χ0n) is 7.58. The number of Topliss-reactive ketones (excluding diaryl/α,β-unsaturated/α-hetero) is 1. The molecule has 0 spiro atoms. The van der Waals surface area contributed by atoms with Gasteiger partial charge in [-0.1, -0.05) is 15.9 Å². The Hall–Kier alpha value is -1.16. The molecule has 14 heavy (non-hydrogen) atoms. The van der Waals surface area contributed by atoms with E-state index in [1.807, 2.05) is 0 Å². The lowest BCUT2D eigenvalue weighted by Gasteiger charge is -2.01. The van der Waals surface area contributed by atoms with Gasteiger partial charge in [0.15, 0.2) is 0 Å². The van der Waals surface area contributed by atoms with Gasteiger partial charge in [0.05, 0.1) is 5.56 Å². The first-order valence-corrected chi connectivity index (χ1v) is 4.80. The van der Waals surface area contributed by atoms with Crippen molar-refractivity contribution >= 4 is 27.7 Å². The third-order valence-electron chi connectivity index (χ3n) is 1.66. The van der Waals surface area contributed by atoms with Gasteiger partial charge in [0, 0.05) is 10.9 Å². The van der Waals surface area contributed by atoms with Crippen molar-refractivity contribution in [3.05, 3.63) is 33.8 Å². The van der Waals surface area contributed by atoms with Gasteiger partial charge in [-0.05, 0) is 30.7 Å². The number of carboxylic acid groups (broad SMARTS) is 1. The zero-order chi connectivity index (χ0) is 10.7. The minimum absolute atomic E-state index is 0.0134. The van der Waals surface area contributed by atoms with Crippen molar-refractivity contribution in [3.8, 4) is 0 Å². The van der Waals surface area contributed by atoms with E-state index in [1.54, 1.807) is 6.07 Å². The molecular formula is C10H9BrO3. The van der Waals surface area contributed by atoms with E-state index in [2.05, 4.69) is 15.9 Å². The van der Waals surface area contributed by atoms with Crippen LogP contribution in [0.3, 0.4) is 0 Å². The highest BCUT2D eigenvalue weighted by Gasteiger charge is 2.06. The summed E-state index contributed by atoms with van der Waals surface area (Å²) in [6.45, 7) is 1.47. The van der Waals surface area contributed by atoms with Gasteiger partial charge in [0.25, 0.3) is 0 Å². The first-order chi connectivity index (χ1) is 6.49. The fourth-order valence-corrected chi connectivity index (χ4v) is 1.70. The maximum Gasteiger partial charge on any atom is 0.335 e. The molecular weight excluding hydrogens is 248 g/mol. The number of aromatic carboxylic acids is 1. The monoisotopic (exact) mass is 256 g/mol. The van der Waals surface area contributed by atoms with Crippen molar-refractivity contribution in [3.63, 3.8) is 0 Å². The Balaban J connectivity index is 3.07. The molecule has 1 rings (SSSR count). The van der Waals surface area contributed by atoms with Gasteiger partial charge in [-0.15, -0.1) is 0 Å². The molecule has 0 radical (unpaired) electrons. The fraction of sp³-hybridized carbons (Fsp3) is 0.200. The number of benzene rings is 1. The van der Waals surface area contributed by atoms with Gasteiger partial charge in [0.1, 0.15) is 5.78 Å². The Labute approximate surface area is 89.9 Å². The smallest absolute Gasteiger partial charge is 0.335 e. The molecule has 0 saturated carbocycles. The summed E-state index contributed by atoms with van der Waals surface area (Å²) in [6, 6.07) is 4.76. The Morgan fingerprint density at radius 1 is 1.36 bits per heavy atom. The summed E-state index contributed by atoms with van der Waals surface area (Å²) in [6.07, 6.45) is 0.264. The van der Waals surface area contributed by atoms with E-state index in [-0.39, 0.29) is 17.8 Å². The zero-order valence-corrected chi connectivity index (χ0v) is 9.17. The number of hydrogen-bond acceptors (Lipinski definition) is 2. The second-order valence-electron chi connectivity index (χ2n) is 3.03. The van der Waals surface area contributed by atoms with Crippen LogP contribution in [0.1, 0.15) is 22.8 Å². The molecule has 0 bridgehead atoms. The molecule has 0 aliphatic rings. The van der Waals surface area contributed by atoms with Gasteiger partial charge in [-0.3, -0.25) is 4.79 Å². The van der Waals surface area contributed by atoms with Crippen LogP contribution in [-0.4, -0.2) is 16.9 Å². The maximum atomic E-state index is 10.8. The lowest BCUT2D eigenvalue weighted by molar-refractivity contribution is -0.116. The van der Waals surface area contributed by atoms with Gasteiger partial charge >= 0.3 is 5.97 Å². The first kappa shape index (κ1) is 10.9. The Morgan fingerprint density at radius 2 is 2.00 bits per heavy atom. The van der Waals surface area contributed by atoms with Gasteiger partial charge in [-0.2, -0.15) is 0 Å². The molecule has 0 amide bonds. The second kappa shape index (κ2) is 4.37. The third-order valence-corrected chi connectivity index (χ3v) is 2.12. The van der Waals surface area contributed by atoms with Crippen molar-refractivity contribution < 1.29 is 14.7 Å². The number of rotatable bonds is 3. The topological polar surface area (TPSA) is 54.4 Å².